The summed E-state index contributed by atoms with van der Waals surface area (Å²) in [4.78, 5) is 24.6. The molecule has 2 atom stereocenters. The lowest BCUT2D eigenvalue weighted by Crippen LogP contribution is -2.28. The summed E-state index contributed by atoms with van der Waals surface area (Å²) in [6.07, 6.45) is 1.62. The van der Waals surface area contributed by atoms with Crippen LogP contribution in [-0.4, -0.2) is 61.2 Å². The molecule has 102 valence electrons. The molecule has 2 saturated heterocycles. The maximum absolute atomic E-state index is 11.5. The van der Waals surface area contributed by atoms with Crippen molar-refractivity contribution in [2.24, 2.45) is 11.8 Å². The minimum absolute atomic E-state index is 0.321. The topological polar surface area (TPSA) is 58.6 Å². The Kier molecular flexibility index (Phi) is 3.10. The fourth-order valence-electron chi connectivity index (χ4n) is 3.11. The Balaban J connectivity index is 1.76. The Morgan fingerprint density at radius 3 is 2.63 bits per heavy atom. The number of hydrogen-bond donors (Lipinski definition) is 0. The molecular formula is C13H18N4O2. The summed E-state index contributed by atoms with van der Waals surface area (Å²) in [5, 5.41) is 0. The van der Waals surface area contributed by atoms with E-state index >= 15 is 0 Å². The van der Waals surface area contributed by atoms with Gasteiger partial charge in [-0.1, -0.05) is 0 Å². The van der Waals surface area contributed by atoms with Crippen LogP contribution in [0.25, 0.3) is 0 Å². The number of aromatic nitrogens is 2. The molecule has 2 aliphatic heterocycles. The van der Waals surface area contributed by atoms with E-state index in [1.807, 2.05) is 0 Å². The molecule has 3 rings (SSSR count). The molecule has 1 aromatic heterocycles. The van der Waals surface area contributed by atoms with Gasteiger partial charge in [-0.05, 0) is 24.9 Å². The fourth-order valence-corrected chi connectivity index (χ4v) is 3.11. The Morgan fingerprint density at radius 1 is 1.32 bits per heavy atom. The average Bonchev–Trinajstić information content (AvgIpc) is 2.95. The number of esters is 1. The number of anilines is 1. The number of ether oxygens (including phenoxy) is 1. The van der Waals surface area contributed by atoms with Crippen molar-refractivity contribution in [1.82, 2.24) is 14.9 Å². The minimum Gasteiger partial charge on any atom is -0.464 e. The molecule has 0 aromatic carbocycles. The highest BCUT2D eigenvalue weighted by molar-refractivity contribution is 5.87. The summed E-state index contributed by atoms with van der Waals surface area (Å²) in [5.41, 5.74) is 0.321. The summed E-state index contributed by atoms with van der Waals surface area (Å²) in [7, 11) is 3.53. The number of likely N-dealkylation sites (tertiary alicyclic amines) is 1. The molecule has 0 N–H and O–H groups in total. The second-order valence-electron chi connectivity index (χ2n) is 5.38. The fraction of sp³-hybridized carbons (Fsp3) is 0.615. The van der Waals surface area contributed by atoms with Crippen molar-refractivity contribution in [2.75, 3.05) is 45.2 Å². The molecule has 19 heavy (non-hydrogen) atoms. The second-order valence-corrected chi connectivity index (χ2v) is 5.38. The summed E-state index contributed by atoms with van der Waals surface area (Å²) >= 11 is 0. The van der Waals surface area contributed by atoms with Crippen LogP contribution in [0.1, 0.15) is 10.5 Å². The van der Waals surface area contributed by atoms with Gasteiger partial charge in [0, 0.05) is 32.4 Å². The van der Waals surface area contributed by atoms with E-state index in [4.69, 9.17) is 0 Å². The van der Waals surface area contributed by atoms with E-state index < -0.39 is 5.97 Å². The van der Waals surface area contributed by atoms with E-state index in [1.54, 1.807) is 12.3 Å². The van der Waals surface area contributed by atoms with Crippen LogP contribution >= 0.6 is 0 Å². The number of methoxy groups -OCH3 is 1. The molecule has 2 unspecified atom stereocenters. The van der Waals surface area contributed by atoms with E-state index in [0.29, 0.717) is 23.5 Å². The van der Waals surface area contributed by atoms with E-state index in [1.165, 1.54) is 7.11 Å². The third kappa shape index (κ3) is 2.28. The summed E-state index contributed by atoms with van der Waals surface area (Å²) < 4.78 is 4.69. The van der Waals surface area contributed by atoms with Gasteiger partial charge in [0.2, 0.25) is 5.95 Å². The van der Waals surface area contributed by atoms with Crippen LogP contribution < -0.4 is 4.90 Å². The van der Waals surface area contributed by atoms with Gasteiger partial charge >= 0.3 is 5.97 Å². The van der Waals surface area contributed by atoms with E-state index in [9.17, 15) is 4.79 Å². The monoisotopic (exact) mass is 262 g/mol. The summed E-state index contributed by atoms with van der Waals surface area (Å²) in [5.74, 6) is 1.61. The van der Waals surface area contributed by atoms with Crippen LogP contribution in [0.4, 0.5) is 5.95 Å². The molecule has 0 aliphatic carbocycles. The standard InChI is InChI=1S/C13H18N4O2/c1-16-5-9-7-17(8-10(9)6-16)13-14-4-3-11(15-13)12(18)19-2/h3-4,9-10H,5-8H2,1-2H3. The van der Waals surface area contributed by atoms with Gasteiger partial charge < -0.3 is 14.5 Å². The van der Waals surface area contributed by atoms with Gasteiger partial charge in [-0.15, -0.1) is 0 Å². The average molecular weight is 262 g/mol. The molecule has 3 heterocycles. The van der Waals surface area contributed by atoms with Crippen LogP contribution in [0, 0.1) is 11.8 Å². The molecule has 0 radical (unpaired) electrons. The molecule has 1 aromatic rings. The summed E-state index contributed by atoms with van der Waals surface area (Å²) in [6.45, 7) is 4.22. The summed E-state index contributed by atoms with van der Waals surface area (Å²) in [6, 6.07) is 1.58. The predicted molar refractivity (Wildman–Crippen MR) is 70.1 cm³/mol. The Hall–Kier alpha value is -1.69. The van der Waals surface area contributed by atoms with Crippen molar-refractivity contribution in [3.05, 3.63) is 18.0 Å². The quantitative estimate of drug-likeness (QED) is 0.713. The van der Waals surface area contributed by atoms with Crippen LogP contribution in [0.5, 0.6) is 0 Å². The third-order valence-corrected chi connectivity index (χ3v) is 3.99. The van der Waals surface area contributed by atoms with Crippen molar-refractivity contribution in [1.29, 1.82) is 0 Å². The number of carbonyl (C=O) groups excluding carboxylic acids is 1. The zero-order valence-electron chi connectivity index (χ0n) is 11.2. The molecule has 0 bridgehead atoms. The normalized spacial score (nSPS) is 26.5. The molecule has 6 nitrogen and oxygen atoms in total. The lowest BCUT2D eigenvalue weighted by molar-refractivity contribution is 0.0594. The van der Waals surface area contributed by atoms with Crippen LogP contribution in [0.15, 0.2) is 12.3 Å². The number of carbonyl (C=O) groups is 1. The maximum Gasteiger partial charge on any atom is 0.356 e. The van der Waals surface area contributed by atoms with Crippen molar-refractivity contribution in [3.63, 3.8) is 0 Å². The Bertz CT molecular complexity index is 479. The molecule has 0 spiro atoms. The largest absolute Gasteiger partial charge is 0.464 e. The maximum atomic E-state index is 11.5. The highest BCUT2D eigenvalue weighted by Gasteiger charge is 2.39. The van der Waals surface area contributed by atoms with Crippen molar-refractivity contribution < 1.29 is 9.53 Å². The van der Waals surface area contributed by atoms with E-state index in [2.05, 4.69) is 31.6 Å². The molecule has 0 saturated carbocycles. The van der Waals surface area contributed by atoms with E-state index in [-0.39, 0.29) is 0 Å². The zero-order chi connectivity index (χ0) is 13.4. The first kappa shape index (κ1) is 12.3. The highest BCUT2D eigenvalue weighted by Crippen LogP contribution is 2.31. The number of rotatable bonds is 2. The molecular weight excluding hydrogens is 244 g/mol. The van der Waals surface area contributed by atoms with Crippen molar-refractivity contribution in [3.8, 4) is 0 Å². The first-order valence-corrected chi connectivity index (χ1v) is 6.52. The van der Waals surface area contributed by atoms with Crippen LogP contribution in [0.3, 0.4) is 0 Å². The first-order valence-electron chi connectivity index (χ1n) is 6.52. The van der Waals surface area contributed by atoms with E-state index in [0.717, 1.165) is 26.2 Å². The molecule has 2 fully saturated rings. The lowest BCUT2D eigenvalue weighted by atomic mass is 10.0. The predicted octanol–water partition coefficient (Wildman–Crippen LogP) is 0.261. The van der Waals surface area contributed by atoms with Crippen LogP contribution in [-0.2, 0) is 4.74 Å². The lowest BCUT2D eigenvalue weighted by Gasteiger charge is -2.19. The van der Waals surface area contributed by atoms with Gasteiger partial charge in [0.15, 0.2) is 5.69 Å². The van der Waals surface area contributed by atoms with Gasteiger partial charge in [-0.25, -0.2) is 14.8 Å². The molecule has 0 amide bonds. The van der Waals surface area contributed by atoms with Crippen molar-refractivity contribution in [2.45, 2.75) is 0 Å². The molecule has 6 heteroatoms. The third-order valence-electron chi connectivity index (χ3n) is 3.99. The number of fused-ring (bicyclic) bond motifs is 1. The van der Waals surface area contributed by atoms with Gasteiger partial charge in [-0.2, -0.15) is 0 Å². The smallest absolute Gasteiger partial charge is 0.356 e. The van der Waals surface area contributed by atoms with Gasteiger partial charge in [0.25, 0.3) is 0 Å². The minimum atomic E-state index is -0.414. The van der Waals surface area contributed by atoms with Gasteiger partial charge in [-0.3, -0.25) is 0 Å². The zero-order valence-corrected chi connectivity index (χ0v) is 11.2. The molecule has 2 aliphatic rings. The van der Waals surface area contributed by atoms with Gasteiger partial charge in [0.1, 0.15) is 0 Å². The second kappa shape index (κ2) is 4.77. The number of hydrogen-bond acceptors (Lipinski definition) is 6. The highest BCUT2D eigenvalue weighted by atomic mass is 16.5. The number of nitrogens with zero attached hydrogens (tertiary/aromatic N) is 4. The SMILES string of the molecule is COC(=O)c1ccnc(N2CC3CN(C)CC3C2)n1. The van der Waals surface area contributed by atoms with Crippen LogP contribution in [0.2, 0.25) is 0 Å². The van der Waals surface area contributed by atoms with Gasteiger partial charge in [0.05, 0.1) is 7.11 Å². The van der Waals surface area contributed by atoms with Crippen molar-refractivity contribution >= 4 is 11.9 Å². The Morgan fingerprint density at radius 2 is 2.00 bits per heavy atom. The first-order chi connectivity index (χ1) is 9.17. The Labute approximate surface area is 112 Å².